The van der Waals surface area contributed by atoms with Crippen molar-refractivity contribution in [1.82, 2.24) is 5.32 Å². The van der Waals surface area contributed by atoms with E-state index in [1.165, 1.54) is 19.8 Å². The molecule has 1 aromatic rings. The highest BCUT2D eigenvalue weighted by atomic mass is 32.2. The fraction of sp³-hybridized carbons (Fsp3) is 0.556. The van der Waals surface area contributed by atoms with Gasteiger partial charge >= 0.3 is 0 Å². The normalized spacial score (nSPS) is 15.8. The number of carbonyl (C=O) groups excluding carboxylic acids is 2. The highest BCUT2D eigenvalue weighted by Gasteiger charge is 2.23. The van der Waals surface area contributed by atoms with Gasteiger partial charge in [0.2, 0.25) is 21.8 Å². The Morgan fingerprint density at radius 3 is 2.38 bits per heavy atom. The smallest absolute Gasteiger partial charge is 0.240 e. The van der Waals surface area contributed by atoms with Gasteiger partial charge in [-0.25, -0.2) is 8.42 Å². The first-order valence-corrected chi connectivity index (χ1v) is 10.8. The summed E-state index contributed by atoms with van der Waals surface area (Å²) in [5, 5.41) is 5.58. The Balaban J connectivity index is 2.12. The average molecular weight is 381 g/mol. The van der Waals surface area contributed by atoms with Crippen LogP contribution in [0, 0.1) is 0 Å². The molecule has 1 aliphatic rings. The van der Waals surface area contributed by atoms with Crippen LogP contribution in [-0.2, 0) is 19.6 Å². The summed E-state index contributed by atoms with van der Waals surface area (Å²) in [6.45, 7) is 1.10. The molecule has 1 fully saturated rings. The van der Waals surface area contributed by atoms with Gasteiger partial charge in [-0.3, -0.25) is 13.9 Å². The SMILES string of the molecule is CC(=O)Nc1cccc(N(CC(=O)NC2CCCCCC2)S(C)(=O)=O)c1. The number of nitrogens with one attached hydrogen (secondary N) is 2. The third-order valence-corrected chi connectivity index (χ3v) is 5.50. The van der Waals surface area contributed by atoms with Crippen molar-refractivity contribution < 1.29 is 18.0 Å². The van der Waals surface area contributed by atoms with Crippen molar-refractivity contribution in [2.24, 2.45) is 0 Å². The molecule has 0 unspecified atom stereocenters. The van der Waals surface area contributed by atoms with Crippen LogP contribution in [0.1, 0.15) is 45.4 Å². The quantitative estimate of drug-likeness (QED) is 0.739. The molecule has 1 aliphatic carbocycles. The van der Waals surface area contributed by atoms with Crippen molar-refractivity contribution in [2.75, 3.05) is 22.4 Å². The van der Waals surface area contributed by atoms with Crippen molar-refractivity contribution in [1.29, 1.82) is 0 Å². The molecule has 144 valence electrons. The van der Waals surface area contributed by atoms with E-state index in [9.17, 15) is 18.0 Å². The fourth-order valence-electron chi connectivity index (χ4n) is 3.17. The van der Waals surface area contributed by atoms with E-state index in [1.807, 2.05) is 0 Å². The van der Waals surface area contributed by atoms with Gasteiger partial charge in [-0.2, -0.15) is 0 Å². The molecule has 0 bridgehead atoms. The molecule has 0 spiro atoms. The van der Waals surface area contributed by atoms with Gasteiger partial charge in [-0.15, -0.1) is 0 Å². The Kier molecular flexibility index (Phi) is 7.02. The van der Waals surface area contributed by atoms with Gasteiger partial charge in [0.1, 0.15) is 6.54 Å². The van der Waals surface area contributed by atoms with Crippen LogP contribution in [0.4, 0.5) is 11.4 Å². The van der Waals surface area contributed by atoms with Crippen LogP contribution in [0.3, 0.4) is 0 Å². The van der Waals surface area contributed by atoms with Gasteiger partial charge in [-0.1, -0.05) is 31.7 Å². The van der Waals surface area contributed by atoms with Crippen LogP contribution in [0.2, 0.25) is 0 Å². The maximum Gasteiger partial charge on any atom is 0.240 e. The maximum atomic E-state index is 12.4. The van der Waals surface area contributed by atoms with Crippen molar-refractivity contribution in [3.8, 4) is 0 Å². The zero-order valence-corrected chi connectivity index (χ0v) is 16.1. The minimum absolute atomic E-state index is 0.108. The van der Waals surface area contributed by atoms with E-state index >= 15 is 0 Å². The largest absolute Gasteiger partial charge is 0.352 e. The molecule has 8 heteroatoms. The number of rotatable bonds is 6. The van der Waals surface area contributed by atoms with E-state index in [0.29, 0.717) is 11.4 Å². The zero-order chi connectivity index (χ0) is 19.2. The number of nitrogens with zero attached hydrogens (tertiary/aromatic N) is 1. The standard InChI is InChI=1S/C18H27N3O4S/c1-14(22)19-16-10-7-11-17(12-16)21(26(2,24)25)13-18(23)20-15-8-5-3-4-6-9-15/h7,10-12,15H,3-6,8-9,13H2,1-2H3,(H,19,22)(H,20,23). The summed E-state index contributed by atoms with van der Waals surface area (Å²) in [5.41, 5.74) is 0.822. The summed E-state index contributed by atoms with van der Waals surface area (Å²) in [6, 6.07) is 6.56. The number of sulfonamides is 1. The molecular weight excluding hydrogens is 354 g/mol. The van der Waals surface area contributed by atoms with E-state index in [2.05, 4.69) is 10.6 Å². The summed E-state index contributed by atoms with van der Waals surface area (Å²) in [7, 11) is -3.65. The summed E-state index contributed by atoms with van der Waals surface area (Å²) in [5.74, 6) is -0.564. The molecular formula is C18H27N3O4S. The summed E-state index contributed by atoms with van der Waals surface area (Å²) in [4.78, 5) is 23.6. The molecule has 1 saturated carbocycles. The lowest BCUT2D eigenvalue weighted by Gasteiger charge is -2.24. The van der Waals surface area contributed by atoms with Crippen molar-refractivity contribution in [3.05, 3.63) is 24.3 Å². The molecule has 2 rings (SSSR count). The minimum atomic E-state index is -3.65. The lowest BCUT2D eigenvalue weighted by Crippen LogP contribution is -2.44. The number of anilines is 2. The molecule has 26 heavy (non-hydrogen) atoms. The van der Waals surface area contributed by atoms with Gasteiger partial charge in [0.05, 0.1) is 11.9 Å². The number of amides is 2. The summed E-state index contributed by atoms with van der Waals surface area (Å²) < 4.78 is 25.5. The predicted octanol–water partition coefficient (Wildman–Crippen LogP) is 2.25. The van der Waals surface area contributed by atoms with Crippen molar-refractivity contribution in [2.45, 2.75) is 51.5 Å². The number of hydrogen-bond acceptors (Lipinski definition) is 4. The van der Waals surface area contributed by atoms with Crippen LogP contribution in [-0.4, -0.2) is 39.1 Å². The van der Waals surface area contributed by atoms with Gasteiger partial charge in [-0.05, 0) is 31.0 Å². The molecule has 7 nitrogen and oxygen atoms in total. The Morgan fingerprint density at radius 2 is 1.81 bits per heavy atom. The van der Waals surface area contributed by atoms with E-state index in [0.717, 1.165) is 36.2 Å². The number of hydrogen-bond donors (Lipinski definition) is 2. The van der Waals surface area contributed by atoms with Crippen molar-refractivity contribution >= 4 is 33.2 Å². The molecule has 0 heterocycles. The van der Waals surface area contributed by atoms with Crippen LogP contribution in [0.5, 0.6) is 0 Å². The Hall–Kier alpha value is -2.09. The van der Waals surface area contributed by atoms with Gasteiger partial charge in [0.25, 0.3) is 0 Å². The Morgan fingerprint density at radius 1 is 1.15 bits per heavy atom. The van der Waals surface area contributed by atoms with Gasteiger partial charge in [0.15, 0.2) is 0 Å². The van der Waals surface area contributed by atoms with E-state index in [-0.39, 0.29) is 24.4 Å². The second kappa shape index (κ2) is 9.02. The van der Waals surface area contributed by atoms with E-state index in [1.54, 1.807) is 24.3 Å². The van der Waals surface area contributed by atoms with Crippen LogP contribution in [0.15, 0.2) is 24.3 Å². The summed E-state index contributed by atoms with van der Waals surface area (Å²) in [6.07, 6.45) is 7.46. The van der Waals surface area contributed by atoms with Crippen LogP contribution in [0.25, 0.3) is 0 Å². The lowest BCUT2D eigenvalue weighted by molar-refractivity contribution is -0.120. The molecule has 0 saturated heterocycles. The molecule has 1 aromatic carbocycles. The lowest BCUT2D eigenvalue weighted by atomic mass is 10.1. The highest BCUT2D eigenvalue weighted by molar-refractivity contribution is 7.92. The Labute approximate surface area is 155 Å². The molecule has 0 radical (unpaired) electrons. The second-order valence-electron chi connectivity index (χ2n) is 6.76. The van der Waals surface area contributed by atoms with Gasteiger partial charge < -0.3 is 10.6 Å². The van der Waals surface area contributed by atoms with Crippen molar-refractivity contribution in [3.63, 3.8) is 0 Å². The number of carbonyl (C=O) groups is 2. The maximum absolute atomic E-state index is 12.4. The summed E-state index contributed by atoms with van der Waals surface area (Å²) >= 11 is 0. The predicted molar refractivity (Wildman–Crippen MR) is 103 cm³/mol. The van der Waals surface area contributed by atoms with Gasteiger partial charge in [0, 0.05) is 18.7 Å². The van der Waals surface area contributed by atoms with Crippen LogP contribution >= 0.6 is 0 Å². The highest BCUT2D eigenvalue weighted by Crippen LogP contribution is 2.22. The molecule has 2 amide bonds. The minimum Gasteiger partial charge on any atom is -0.352 e. The number of benzene rings is 1. The topological polar surface area (TPSA) is 95.6 Å². The zero-order valence-electron chi connectivity index (χ0n) is 15.3. The average Bonchev–Trinajstić information content (AvgIpc) is 2.80. The second-order valence-corrected chi connectivity index (χ2v) is 8.66. The first-order valence-electron chi connectivity index (χ1n) is 8.90. The third-order valence-electron chi connectivity index (χ3n) is 4.36. The third kappa shape index (κ3) is 6.33. The molecule has 2 N–H and O–H groups in total. The van der Waals surface area contributed by atoms with E-state index < -0.39 is 10.0 Å². The first-order chi connectivity index (χ1) is 12.3. The van der Waals surface area contributed by atoms with Crippen LogP contribution < -0.4 is 14.9 Å². The monoisotopic (exact) mass is 381 g/mol. The first kappa shape index (κ1) is 20.2. The molecule has 0 aliphatic heterocycles. The molecule has 0 aromatic heterocycles. The van der Waals surface area contributed by atoms with E-state index in [4.69, 9.17) is 0 Å². The fourth-order valence-corrected chi connectivity index (χ4v) is 4.02. The Bertz CT molecular complexity index is 741. The molecule has 0 atom stereocenters.